The highest BCUT2D eigenvalue weighted by molar-refractivity contribution is 5.73. The Morgan fingerprint density at radius 1 is 1.50 bits per heavy atom. The van der Waals surface area contributed by atoms with Crippen molar-refractivity contribution < 1.29 is 9.32 Å². The summed E-state index contributed by atoms with van der Waals surface area (Å²) in [6, 6.07) is 0.321. The summed E-state index contributed by atoms with van der Waals surface area (Å²) >= 11 is 0. The lowest BCUT2D eigenvalue weighted by Gasteiger charge is -2.36. The minimum atomic E-state index is 0.123. The van der Waals surface area contributed by atoms with E-state index < -0.39 is 0 Å². The van der Waals surface area contributed by atoms with E-state index in [1.54, 1.807) is 13.8 Å². The number of carbonyl (C=O) groups excluding carboxylic acids is 1. The van der Waals surface area contributed by atoms with E-state index in [-0.39, 0.29) is 11.8 Å². The highest BCUT2D eigenvalue weighted by atomic mass is 16.5. The topological polar surface area (TPSA) is 59.2 Å². The second-order valence-corrected chi connectivity index (χ2v) is 4.47. The molecular formula is C11H17N3O2. The number of amides is 1. The summed E-state index contributed by atoms with van der Waals surface area (Å²) in [6.45, 7) is 6.18. The fourth-order valence-electron chi connectivity index (χ4n) is 2.24. The molecule has 1 fully saturated rings. The van der Waals surface area contributed by atoms with Gasteiger partial charge in [-0.1, -0.05) is 5.16 Å². The van der Waals surface area contributed by atoms with Crippen LogP contribution in [0.5, 0.6) is 0 Å². The Hall–Kier alpha value is -1.39. The summed E-state index contributed by atoms with van der Waals surface area (Å²) in [7, 11) is 0. The van der Waals surface area contributed by atoms with Crippen LogP contribution in [-0.4, -0.2) is 33.5 Å². The van der Waals surface area contributed by atoms with Gasteiger partial charge in [-0.3, -0.25) is 4.79 Å². The van der Waals surface area contributed by atoms with Crippen molar-refractivity contribution in [1.29, 1.82) is 0 Å². The molecule has 0 saturated carbocycles. The quantitative estimate of drug-likeness (QED) is 0.723. The van der Waals surface area contributed by atoms with Crippen LogP contribution in [0.1, 0.15) is 44.3 Å². The summed E-state index contributed by atoms with van der Waals surface area (Å²) in [4.78, 5) is 17.6. The molecular weight excluding hydrogens is 206 g/mol. The predicted molar refractivity (Wildman–Crippen MR) is 57.9 cm³/mol. The predicted octanol–water partition coefficient (Wildman–Crippen LogP) is 1.49. The van der Waals surface area contributed by atoms with Gasteiger partial charge in [0.15, 0.2) is 5.82 Å². The second-order valence-electron chi connectivity index (χ2n) is 4.47. The fourth-order valence-corrected chi connectivity index (χ4v) is 2.24. The molecule has 0 N–H and O–H groups in total. The van der Waals surface area contributed by atoms with Gasteiger partial charge >= 0.3 is 0 Å². The fraction of sp³-hybridized carbons (Fsp3) is 0.727. The number of nitrogens with zero attached hydrogens (tertiary/aromatic N) is 3. The Kier molecular flexibility index (Phi) is 2.94. The van der Waals surface area contributed by atoms with Gasteiger partial charge in [0.25, 0.3) is 0 Å². The molecule has 1 aromatic rings. The molecule has 2 rings (SSSR count). The largest absolute Gasteiger partial charge is 0.340 e. The number of rotatable bonds is 1. The normalized spacial score (nSPS) is 25.8. The number of carbonyl (C=O) groups is 1. The molecule has 5 heteroatoms. The summed E-state index contributed by atoms with van der Waals surface area (Å²) in [6.07, 6.45) is 2.02. The van der Waals surface area contributed by atoms with Crippen molar-refractivity contribution in [1.82, 2.24) is 15.0 Å². The minimum absolute atomic E-state index is 0.123. The van der Waals surface area contributed by atoms with E-state index in [2.05, 4.69) is 17.1 Å². The molecule has 2 unspecified atom stereocenters. The van der Waals surface area contributed by atoms with Gasteiger partial charge in [-0.05, 0) is 19.8 Å². The van der Waals surface area contributed by atoms with Crippen LogP contribution in [0.3, 0.4) is 0 Å². The summed E-state index contributed by atoms with van der Waals surface area (Å²) in [5, 5.41) is 3.93. The molecule has 88 valence electrons. The third kappa shape index (κ3) is 2.08. The zero-order valence-corrected chi connectivity index (χ0v) is 9.93. The third-order valence-corrected chi connectivity index (χ3v) is 3.19. The molecule has 1 aromatic heterocycles. The van der Waals surface area contributed by atoms with Gasteiger partial charge in [0, 0.05) is 32.4 Å². The van der Waals surface area contributed by atoms with Crippen molar-refractivity contribution in [2.45, 2.75) is 45.6 Å². The Morgan fingerprint density at radius 3 is 2.81 bits per heavy atom. The molecule has 2 atom stereocenters. The van der Waals surface area contributed by atoms with E-state index in [0.29, 0.717) is 18.5 Å². The van der Waals surface area contributed by atoms with E-state index in [0.717, 1.165) is 18.7 Å². The van der Waals surface area contributed by atoms with E-state index in [1.165, 1.54) is 0 Å². The Labute approximate surface area is 94.8 Å². The Morgan fingerprint density at radius 2 is 2.25 bits per heavy atom. The van der Waals surface area contributed by atoms with Crippen LogP contribution >= 0.6 is 0 Å². The first-order valence-electron chi connectivity index (χ1n) is 5.65. The van der Waals surface area contributed by atoms with Gasteiger partial charge in [-0.15, -0.1) is 0 Å². The number of hydrogen-bond donors (Lipinski definition) is 0. The molecule has 1 aliphatic rings. The first kappa shape index (κ1) is 11.1. The Balaban J connectivity index is 2.11. The maximum atomic E-state index is 11.5. The molecule has 2 heterocycles. The maximum Gasteiger partial charge on any atom is 0.223 e. The number of aryl methyl sites for hydroxylation is 1. The molecule has 1 aliphatic heterocycles. The number of likely N-dealkylation sites (tertiary alicyclic amines) is 1. The molecule has 0 radical (unpaired) electrons. The summed E-state index contributed by atoms with van der Waals surface area (Å²) < 4.78 is 4.98. The molecule has 0 aromatic carbocycles. The van der Waals surface area contributed by atoms with Crippen LogP contribution in [0.15, 0.2) is 4.52 Å². The lowest BCUT2D eigenvalue weighted by Crippen LogP contribution is -2.43. The average molecular weight is 223 g/mol. The zero-order valence-electron chi connectivity index (χ0n) is 9.93. The van der Waals surface area contributed by atoms with Gasteiger partial charge in [0.2, 0.25) is 11.8 Å². The molecule has 0 spiro atoms. The van der Waals surface area contributed by atoms with Crippen molar-refractivity contribution >= 4 is 5.91 Å². The second kappa shape index (κ2) is 4.23. The summed E-state index contributed by atoms with van der Waals surface area (Å²) in [5.74, 6) is 1.66. The molecule has 1 amide bonds. The van der Waals surface area contributed by atoms with Crippen LogP contribution in [0.25, 0.3) is 0 Å². The highest BCUT2D eigenvalue weighted by Gasteiger charge is 2.30. The molecule has 5 nitrogen and oxygen atoms in total. The van der Waals surface area contributed by atoms with Gasteiger partial charge in [-0.25, -0.2) is 0 Å². The van der Waals surface area contributed by atoms with Gasteiger partial charge in [0.1, 0.15) is 0 Å². The van der Waals surface area contributed by atoms with Crippen molar-refractivity contribution in [3.8, 4) is 0 Å². The van der Waals surface area contributed by atoms with E-state index >= 15 is 0 Å². The third-order valence-electron chi connectivity index (χ3n) is 3.19. The van der Waals surface area contributed by atoms with Crippen LogP contribution in [-0.2, 0) is 4.79 Å². The average Bonchev–Trinajstić information content (AvgIpc) is 2.65. The molecule has 16 heavy (non-hydrogen) atoms. The number of aromatic nitrogens is 2. The summed E-state index contributed by atoms with van der Waals surface area (Å²) in [5.41, 5.74) is 0. The van der Waals surface area contributed by atoms with Crippen molar-refractivity contribution in [2.75, 3.05) is 6.54 Å². The first-order valence-corrected chi connectivity index (χ1v) is 5.65. The van der Waals surface area contributed by atoms with Crippen molar-refractivity contribution in [3.05, 3.63) is 11.7 Å². The van der Waals surface area contributed by atoms with E-state index in [1.807, 2.05) is 4.90 Å². The van der Waals surface area contributed by atoms with Gasteiger partial charge in [0.05, 0.1) is 0 Å². The smallest absolute Gasteiger partial charge is 0.223 e. The van der Waals surface area contributed by atoms with Crippen molar-refractivity contribution in [3.63, 3.8) is 0 Å². The van der Waals surface area contributed by atoms with Crippen LogP contribution in [0.2, 0.25) is 0 Å². The van der Waals surface area contributed by atoms with E-state index in [4.69, 9.17) is 4.52 Å². The molecule has 0 aliphatic carbocycles. The van der Waals surface area contributed by atoms with Gasteiger partial charge < -0.3 is 9.42 Å². The van der Waals surface area contributed by atoms with Crippen LogP contribution in [0, 0.1) is 6.92 Å². The van der Waals surface area contributed by atoms with Crippen LogP contribution in [0.4, 0.5) is 0 Å². The van der Waals surface area contributed by atoms with Crippen LogP contribution < -0.4 is 0 Å². The molecule has 1 saturated heterocycles. The minimum Gasteiger partial charge on any atom is -0.340 e. The SMILES string of the molecule is CC(=O)N1CC(c2noc(C)n2)CCC1C. The lowest BCUT2D eigenvalue weighted by molar-refractivity contribution is -0.132. The molecule has 0 bridgehead atoms. The number of piperidine rings is 1. The first-order chi connectivity index (χ1) is 7.58. The zero-order chi connectivity index (χ0) is 11.7. The monoisotopic (exact) mass is 223 g/mol. The lowest BCUT2D eigenvalue weighted by atomic mass is 9.93. The van der Waals surface area contributed by atoms with Crippen molar-refractivity contribution in [2.24, 2.45) is 0 Å². The van der Waals surface area contributed by atoms with Gasteiger partial charge in [-0.2, -0.15) is 4.98 Å². The Bertz CT molecular complexity index is 388. The van der Waals surface area contributed by atoms with E-state index in [9.17, 15) is 4.79 Å². The standard InChI is InChI=1S/C11H17N3O2/c1-7-4-5-10(6-14(7)9(3)15)11-12-8(2)16-13-11/h7,10H,4-6H2,1-3H3. The highest BCUT2D eigenvalue weighted by Crippen LogP contribution is 2.28. The maximum absolute atomic E-state index is 11.5. The number of hydrogen-bond acceptors (Lipinski definition) is 4.